The quantitative estimate of drug-likeness (QED) is 0.840. The SMILES string of the molecule is NC(=O)[C@@H]1CCCCN1C(=O)COC(=O)c1c(F)cccc1Cl. The molecule has 1 aliphatic rings. The summed E-state index contributed by atoms with van der Waals surface area (Å²) in [6.45, 7) is -0.238. The van der Waals surface area contributed by atoms with Crippen molar-refractivity contribution in [2.75, 3.05) is 13.2 Å². The number of ether oxygens (including phenoxy) is 1. The fourth-order valence-electron chi connectivity index (χ4n) is 2.50. The molecule has 0 unspecified atom stereocenters. The fraction of sp³-hybridized carbons (Fsp3) is 0.400. The molecule has 1 aromatic rings. The number of piperidine rings is 1. The first-order valence-corrected chi connectivity index (χ1v) is 7.49. The summed E-state index contributed by atoms with van der Waals surface area (Å²) in [6.07, 6.45) is 2.01. The smallest absolute Gasteiger partial charge is 0.343 e. The van der Waals surface area contributed by atoms with E-state index in [9.17, 15) is 18.8 Å². The molecule has 1 aliphatic heterocycles. The maximum atomic E-state index is 13.6. The number of carbonyl (C=O) groups excluding carboxylic acids is 3. The molecule has 2 amide bonds. The zero-order chi connectivity index (χ0) is 17.0. The number of halogens is 2. The number of rotatable bonds is 4. The van der Waals surface area contributed by atoms with Gasteiger partial charge in [-0.1, -0.05) is 17.7 Å². The number of nitrogens with zero attached hydrogens (tertiary/aromatic N) is 1. The third-order valence-electron chi connectivity index (χ3n) is 3.65. The van der Waals surface area contributed by atoms with Crippen molar-refractivity contribution >= 4 is 29.4 Å². The molecule has 0 spiro atoms. The summed E-state index contributed by atoms with van der Waals surface area (Å²) in [6, 6.07) is 3.06. The fourth-order valence-corrected chi connectivity index (χ4v) is 2.74. The molecule has 0 aromatic heterocycles. The molecular formula is C15H16ClFN2O4. The number of likely N-dealkylation sites (tertiary alicyclic amines) is 1. The summed E-state index contributed by atoms with van der Waals surface area (Å²) in [5, 5.41) is -0.101. The van der Waals surface area contributed by atoms with Gasteiger partial charge in [0.2, 0.25) is 5.91 Å². The highest BCUT2D eigenvalue weighted by Crippen LogP contribution is 2.20. The van der Waals surface area contributed by atoms with Gasteiger partial charge in [-0.05, 0) is 31.4 Å². The second kappa shape index (κ2) is 7.41. The molecule has 2 rings (SSSR count). The number of primary amides is 1. The Balaban J connectivity index is 2.01. The molecule has 1 fully saturated rings. The first-order chi connectivity index (χ1) is 10.9. The average Bonchev–Trinajstić information content (AvgIpc) is 2.52. The van der Waals surface area contributed by atoms with E-state index < -0.39 is 41.8 Å². The first kappa shape index (κ1) is 17.2. The van der Waals surface area contributed by atoms with Crippen LogP contribution in [0.5, 0.6) is 0 Å². The highest BCUT2D eigenvalue weighted by Gasteiger charge is 2.31. The van der Waals surface area contributed by atoms with Crippen molar-refractivity contribution in [1.29, 1.82) is 0 Å². The summed E-state index contributed by atoms with van der Waals surface area (Å²) in [5.41, 5.74) is 4.85. The Bertz CT molecular complexity index is 618. The lowest BCUT2D eigenvalue weighted by atomic mass is 10.0. The van der Waals surface area contributed by atoms with E-state index in [4.69, 9.17) is 22.1 Å². The summed E-state index contributed by atoms with van der Waals surface area (Å²) in [5.74, 6) is -3.01. The van der Waals surface area contributed by atoms with Gasteiger partial charge in [0.25, 0.3) is 5.91 Å². The van der Waals surface area contributed by atoms with Crippen LogP contribution in [0.1, 0.15) is 29.6 Å². The second-order valence-electron chi connectivity index (χ2n) is 5.17. The normalized spacial score (nSPS) is 17.7. The van der Waals surface area contributed by atoms with Crippen molar-refractivity contribution < 1.29 is 23.5 Å². The Hall–Kier alpha value is -2.15. The van der Waals surface area contributed by atoms with Gasteiger partial charge in [-0.2, -0.15) is 0 Å². The molecule has 1 atom stereocenters. The van der Waals surface area contributed by atoms with Gasteiger partial charge in [0.15, 0.2) is 6.61 Å². The van der Waals surface area contributed by atoms with Gasteiger partial charge in [-0.3, -0.25) is 9.59 Å². The lowest BCUT2D eigenvalue weighted by molar-refractivity contribution is -0.143. The van der Waals surface area contributed by atoms with E-state index >= 15 is 0 Å². The van der Waals surface area contributed by atoms with Crippen molar-refractivity contribution in [2.45, 2.75) is 25.3 Å². The van der Waals surface area contributed by atoms with Crippen LogP contribution >= 0.6 is 11.6 Å². The Kier molecular flexibility index (Phi) is 5.54. The second-order valence-corrected chi connectivity index (χ2v) is 5.58. The van der Waals surface area contributed by atoms with E-state index in [0.29, 0.717) is 13.0 Å². The van der Waals surface area contributed by atoms with Crippen molar-refractivity contribution in [3.05, 3.63) is 34.6 Å². The van der Waals surface area contributed by atoms with E-state index in [1.54, 1.807) is 0 Å². The van der Waals surface area contributed by atoms with Crippen LogP contribution in [-0.4, -0.2) is 41.9 Å². The van der Waals surface area contributed by atoms with Crippen LogP contribution in [-0.2, 0) is 14.3 Å². The number of benzene rings is 1. The Morgan fingerprint density at radius 2 is 2.09 bits per heavy atom. The molecule has 1 aromatic carbocycles. The zero-order valence-corrected chi connectivity index (χ0v) is 13.0. The lowest BCUT2D eigenvalue weighted by Gasteiger charge is -2.33. The molecule has 8 heteroatoms. The monoisotopic (exact) mass is 342 g/mol. The summed E-state index contributed by atoms with van der Waals surface area (Å²) in [7, 11) is 0. The molecular weight excluding hydrogens is 327 g/mol. The van der Waals surface area contributed by atoms with Crippen molar-refractivity contribution in [3.63, 3.8) is 0 Å². The van der Waals surface area contributed by atoms with E-state index in [0.717, 1.165) is 18.9 Å². The van der Waals surface area contributed by atoms with Crippen molar-refractivity contribution in [3.8, 4) is 0 Å². The molecule has 0 radical (unpaired) electrons. The van der Waals surface area contributed by atoms with Crippen molar-refractivity contribution in [2.24, 2.45) is 5.73 Å². The topological polar surface area (TPSA) is 89.7 Å². The van der Waals surface area contributed by atoms with Crippen molar-refractivity contribution in [1.82, 2.24) is 4.90 Å². The van der Waals surface area contributed by atoms with E-state index in [-0.39, 0.29) is 5.02 Å². The van der Waals surface area contributed by atoms with Gasteiger partial charge < -0.3 is 15.4 Å². The molecule has 1 saturated heterocycles. The predicted molar refractivity (Wildman–Crippen MR) is 80.2 cm³/mol. The largest absolute Gasteiger partial charge is 0.452 e. The summed E-state index contributed by atoms with van der Waals surface area (Å²) >= 11 is 5.76. The van der Waals surface area contributed by atoms with Gasteiger partial charge >= 0.3 is 5.97 Å². The molecule has 2 N–H and O–H groups in total. The molecule has 0 saturated carbocycles. The van der Waals surface area contributed by atoms with E-state index in [1.807, 2.05) is 0 Å². The lowest BCUT2D eigenvalue weighted by Crippen LogP contribution is -2.51. The Morgan fingerprint density at radius 1 is 1.35 bits per heavy atom. The van der Waals surface area contributed by atoms with Crippen LogP contribution < -0.4 is 5.73 Å². The maximum Gasteiger partial charge on any atom is 0.343 e. The number of nitrogens with two attached hydrogens (primary N) is 1. The standard InChI is InChI=1S/C15H16ClFN2O4/c16-9-4-3-5-10(17)13(9)15(22)23-8-12(20)19-7-2-1-6-11(19)14(18)21/h3-5,11H,1-2,6-8H2,(H2,18,21)/t11-/m0/s1. The molecule has 0 aliphatic carbocycles. The maximum absolute atomic E-state index is 13.6. The van der Waals surface area contributed by atoms with Gasteiger partial charge in [0.05, 0.1) is 5.02 Å². The van der Waals surface area contributed by atoms with Crippen LogP contribution in [0.3, 0.4) is 0 Å². The summed E-state index contributed by atoms with van der Waals surface area (Å²) < 4.78 is 18.4. The Labute approximate surface area is 137 Å². The van der Waals surface area contributed by atoms with Gasteiger partial charge in [0.1, 0.15) is 17.4 Å². The molecule has 124 valence electrons. The number of amides is 2. The van der Waals surface area contributed by atoms with Gasteiger partial charge in [-0.25, -0.2) is 9.18 Å². The highest BCUT2D eigenvalue weighted by atomic mass is 35.5. The van der Waals surface area contributed by atoms with Gasteiger partial charge in [0, 0.05) is 6.54 Å². The van der Waals surface area contributed by atoms with Crippen LogP contribution in [0.25, 0.3) is 0 Å². The predicted octanol–water partition coefficient (Wildman–Crippen LogP) is 1.50. The number of carbonyl (C=O) groups is 3. The minimum atomic E-state index is -1.03. The molecule has 6 nitrogen and oxygen atoms in total. The third-order valence-corrected chi connectivity index (χ3v) is 3.96. The molecule has 23 heavy (non-hydrogen) atoms. The summed E-state index contributed by atoms with van der Waals surface area (Å²) in [4.78, 5) is 36.7. The zero-order valence-electron chi connectivity index (χ0n) is 12.3. The van der Waals surface area contributed by atoms with Crippen LogP contribution in [0.4, 0.5) is 4.39 Å². The van der Waals surface area contributed by atoms with Gasteiger partial charge in [-0.15, -0.1) is 0 Å². The minimum absolute atomic E-state index is 0.101. The highest BCUT2D eigenvalue weighted by molar-refractivity contribution is 6.33. The number of hydrogen-bond acceptors (Lipinski definition) is 4. The molecule has 1 heterocycles. The Morgan fingerprint density at radius 3 is 2.74 bits per heavy atom. The number of hydrogen-bond donors (Lipinski definition) is 1. The number of esters is 1. The van der Waals surface area contributed by atoms with Crippen LogP contribution in [0, 0.1) is 5.82 Å². The average molecular weight is 343 g/mol. The van der Waals surface area contributed by atoms with E-state index in [2.05, 4.69) is 0 Å². The molecule has 0 bridgehead atoms. The van der Waals surface area contributed by atoms with Crippen LogP contribution in [0.2, 0.25) is 5.02 Å². The minimum Gasteiger partial charge on any atom is -0.452 e. The third kappa shape index (κ3) is 3.98. The first-order valence-electron chi connectivity index (χ1n) is 7.11. The van der Waals surface area contributed by atoms with E-state index in [1.165, 1.54) is 17.0 Å². The van der Waals surface area contributed by atoms with Crippen LogP contribution in [0.15, 0.2) is 18.2 Å².